The SMILES string of the molecule is O=C1CN(C(=O)CC2CCCCC2)C(c2cccs2)c2cc(Br)ccc2N1. The van der Waals surface area contributed by atoms with Gasteiger partial charge in [0, 0.05) is 27.0 Å². The first-order valence-corrected chi connectivity index (χ1v) is 11.2. The zero-order chi connectivity index (χ0) is 18.8. The van der Waals surface area contributed by atoms with Crippen molar-refractivity contribution in [2.75, 3.05) is 11.9 Å². The van der Waals surface area contributed by atoms with Gasteiger partial charge in [0.1, 0.15) is 6.54 Å². The van der Waals surface area contributed by atoms with Gasteiger partial charge in [-0.15, -0.1) is 11.3 Å². The number of carbonyl (C=O) groups excluding carboxylic acids is 2. The van der Waals surface area contributed by atoms with E-state index in [0.717, 1.165) is 33.4 Å². The van der Waals surface area contributed by atoms with Crippen LogP contribution in [-0.4, -0.2) is 23.3 Å². The van der Waals surface area contributed by atoms with Crippen molar-refractivity contribution in [1.82, 2.24) is 4.90 Å². The van der Waals surface area contributed by atoms with E-state index >= 15 is 0 Å². The topological polar surface area (TPSA) is 49.4 Å². The van der Waals surface area contributed by atoms with E-state index in [1.54, 1.807) is 16.2 Å². The molecule has 4 nitrogen and oxygen atoms in total. The summed E-state index contributed by atoms with van der Waals surface area (Å²) in [6.07, 6.45) is 6.48. The molecule has 2 aromatic rings. The van der Waals surface area contributed by atoms with Crippen molar-refractivity contribution in [3.63, 3.8) is 0 Å². The van der Waals surface area contributed by atoms with E-state index < -0.39 is 0 Å². The molecule has 6 heteroatoms. The van der Waals surface area contributed by atoms with Crippen LogP contribution in [0.25, 0.3) is 0 Å². The number of thiophene rings is 1. The Morgan fingerprint density at radius 3 is 2.78 bits per heavy atom. The van der Waals surface area contributed by atoms with Crippen LogP contribution in [0.4, 0.5) is 5.69 Å². The third kappa shape index (κ3) is 4.11. The first-order chi connectivity index (χ1) is 13.1. The Hall–Kier alpha value is -1.66. The molecule has 1 unspecified atom stereocenters. The van der Waals surface area contributed by atoms with Crippen LogP contribution in [0.5, 0.6) is 0 Å². The van der Waals surface area contributed by atoms with Crippen molar-refractivity contribution in [3.8, 4) is 0 Å². The Labute approximate surface area is 172 Å². The number of hydrogen-bond donors (Lipinski definition) is 1. The lowest BCUT2D eigenvalue weighted by atomic mass is 9.86. The molecule has 142 valence electrons. The smallest absolute Gasteiger partial charge is 0.244 e. The predicted molar refractivity (Wildman–Crippen MR) is 112 cm³/mol. The molecule has 1 aliphatic heterocycles. The van der Waals surface area contributed by atoms with E-state index in [1.807, 2.05) is 29.6 Å². The highest BCUT2D eigenvalue weighted by Crippen LogP contribution is 2.40. The van der Waals surface area contributed by atoms with E-state index in [2.05, 4.69) is 27.3 Å². The molecular formula is C21H23BrN2O2S. The zero-order valence-corrected chi connectivity index (χ0v) is 17.5. The molecule has 2 amide bonds. The summed E-state index contributed by atoms with van der Waals surface area (Å²) in [5, 5.41) is 5.01. The van der Waals surface area contributed by atoms with Gasteiger partial charge in [0.05, 0.1) is 6.04 Å². The summed E-state index contributed by atoms with van der Waals surface area (Å²) in [7, 11) is 0. The number of rotatable bonds is 3. The number of hydrogen-bond acceptors (Lipinski definition) is 3. The van der Waals surface area contributed by atoms with Crippen molar-refractivity contribution < 1.29 is 9.59 Å². The van der Waals surface area contributed by atoms with Gasteiger partial charge in [-0.05, 0) is 48.4 Å². The van der Waals surface area contributed by atoms with Crippen LogP contribution in [0.15, 0.2) is 40.2 Å². The standard InChI is InChI=1S/C21H23BrN2O2S/c22-15-8-9-17-16(12-15)21(18-7-4-10-27-18)24(13-19(25)23-17)20(26)11-14-5-2-1-3-6-14/h4,7-10,12,14,21H,1-3,5-6,11,13H2,(H,23,25). The fourth-order valence-corrected chi connectivity index (χ4v) is 5.45. The van der Waals surface area contributed by atoms with Gasteiger partial charge in [0.15, 0.2) is 0 Å². The Morgan fingerprint density at radius 2 is 2.04 bits per heavy atom. The lowest BCUT2D eigenvalue weighted by Crippen LogP contribution is -2.39. The Balaban J connectivity index is 1.71. The molecule has 1 N–H and O–H groups in total. The average molecular weight is 447 g/mol. The number of benzene rings is 1. The summed E-state index contributed by atoms with van der Waals surface area (Å²) in [4.78, 5) is 28.7. The van der Waals surface area contributed by atoms with Gasteiger partial charge in [-0.1, -0.05) is 41.3 Å². The quantitative estimate of drug-likeness (QED) is 0.690. The van der Waals surface area contributed by atoms with Gasteiger partial charge in [-0.2, -0.15) is 0 Å². The maximum atomic E-state index is 13.3. The zero-order valence-electron chi connectivity index (χ0n) is 15.1. The summed E-state index contributed by atoms with van der Waals surface area (Å²) in [6, 6.07) is 9.68. The predicted octanol–water partition coefficient (Wildman–Crippen LogP) is 5.35. The van der Waals surface area contributed by atoms with Crippen molar-refractivity contribution in [1.29, 1.82) is 0 Å². The maximum absolute atomic E-state index is 13.3. The first-order valence-electron chi connectivity index (χ1n) is 9.54. The molecular weight excluding hydrogens is 424 g/mol. The van der Waals surface area contributed by atoms with E-state index in [0.29, 0.717) is 12.3 Å². The second-order valence-corrected chi connectivity index (χ2v) is 9.32. The molecule has 0 bridgehead atoms. The van der Waals surface area contributed by atoms with Gasteiger partial charge in [0.2, 0.25) is 11.8 Å². The van der Waals surface area contributed by atoms with E-state index in [1.165, 1.54) is 19.3 Å². The third-order valence-electron chi connectivity index (χ3n) is 5.53. The van der Waals surface area contributed by atoms with Gasteiger partial charge in [-0.25, -0.2) is 0 Å². The van der Waals surface area contributed by atoms with Crippen LogP contribution in [0.1, 0.15) is 55.0 Å². The normalized spacial score (nSPS) is 20.7. The van der Waals surface area contributed by atoms with Crippen molar-refractivity contribution >= 4 is 44.8 Å². The summed E-state index contributed by atoms with van der Waals surface area (Å²) in [6.45, 7) is 0.0976. The molecule has 0 spiro atoms. The largest absolute Gasteiger partial charge is 0.324 e. The molecule has 0 saturated heterocycles. The van der Waals surface area contributed by atoms with E-state index in [4.69, 9.17) is 0 Å². The van der Waals surface area contributed by atoms with Crippen LogP contribution >= 0.6 is 27.3 Å². The van der Waals surface area contributed by atoms with Crippen LogP contribution in [0.3, 0.4) is 0 Å². The minimum absolute atomic E-state index is 0.0864. The molecule has 1 aromatic carbocycles. The molecule has 4 rings (SSSR count). The monoisotopic (exact) mass is 446 g/mol. The minimum atomic E-state index is -0.229. The Morgan fingerprint density at radius 1 is 1.22 bits per heavy atom. The number of nitrogens with zero attached hydrogens (tertiary/aromatic N) is 1. The molecule has 1 aliphatic carbocycles. The summed E-state index contributed by atoms with van der Waals surface area (Å²) in [5.74, 6) is 0.404. The molecule has 1 fully saturated rings. The Kier molecular flexibility index (Phi) is 5.64. The Bertz CT molecular complexity index is 831. The van der Waals surface area contributed by atoms with Gasteiger partial charge in [0.25, 0.3) is 0 Å². The van der Waals surface area contributed by atoms with E-state index in [-0.39, 0.29) is 24.4 Å². The highest BCUT2D eigenvalue weighted by Gasteiger charge is 2.35. The van der Waals surface area contributed by atoms with Gasteiger partial charge in [-0.3, -0.25) is 9.59 Å². The molecule has 27 heavy (non-hydrogen) atoms. The molecule has 2 aliphatic rings. The van der Waals surface area contributed by atoms with Gasteiger partial charge >= 0.3 is 0 Å². The number of carbonyl (C=O) groups is 2. The number of fused-ring (bicyclic) bond motifs is 1. The van der Waals surface area contributed by atoms with Crippen molar-refractivity contribution in [3.05, 3.63) is 50.6 Å². The maximum Gasteiger partial charge on any atom is 0.244 e. The van der Waals surface area contributed by atoms with Crippen molar-refractivity contribution in [2.45, 2.75) is 44.6 Å². The fraction of sp³-hybridized carbons (Fsp3) is 0.429. The molecule has 1 aromatic heterocycles. The summed E-state index contributed by atoms with van der Waals surface area (Å²) >= 11 is 5.17. The average Bonchev–Trinajstić information content (AvgIpc) is 3.13. The number of anilines is 1. The number of halogens is 1. The molecule has 2 heterocycles. The van der Waals surface area contributed by atoms with Crippen LogP contribution < -0.4 is 5.32 Å². The van der Waals surface area contributed by atoms with Gasteiger partial charge < -0.3 is 10.2 Å². The van der Waals surface area contributed by atoms with Crippen molar-refractivity contribution in [2.24, 2.45) is 5.92 Å². The number of amides is 2. The number of nitrogens with one attached hydrogen (secondary N) is 1. The highest BCUT2D eigenvalue weighted by molar-refractivity contribution is 9.10. The molecule has 1 atom stereocenters. The van der Waals surface area contributed by atoms with Crippen LogP contribution in [0.2, 0.25) is 0 Å². The highest BCUT2D eigenvalue weighted by atomic mass is 79.9. The first kappa shape index (κ1) is 18.7. The third-order valence-corrected chi connectivity index (χ3v) is 6.95. The lowest BCUT2D eigenvalue weighted by molar-refractivity contribution is -0.137. The minimum Gasteiger partial charge on any atom is -0.324 e. The van der Waals surface area contributed by atoms with Crippen LogP contribution in [-0.2, 0) is 9.59 Å². The van der Waals surface area contributed by atoms with E-state index in [9.17, 15) is 9.59 Å². The molecule has 1 saturated carbocycles. The second kappa shape index (κ2) is 8.15. The van der Waals surface area contributed by atoms with Crippen LogP contribution in [0, 0.1) is 5.92 Å². The second-order valence-electron chi connectivity index (χ2n) is 7.43. The summed E-state index contributed by atoms with van der Waals surface area (Å²) < 4.78 is 0.943. The summed E-state index contributed by atoms with van der Waals surface area (Å²) in [5.41, 5.74) is 1.75. The fourth-order valence-electron chi connectivity index (χ4n) is 4.22. The molecule has 0 radical (unpaired) electrons. The lowest BCUT2D eigenvalue weighted by Gasteiger charge is -2.31.